The van der Waals surface area contributed by atoms with Gasteiger partial charge in [0.25, 0.3) is 0 Å². The van der Waals surface area contributed by atoms with E-state index in [0.29, 0.717) is 32.4 Å². The third-order valence-corrected chi connectivity index (χ3v) is 4.51. The van der Waals surface area contributed by atoms with E-state index in [1.807, 2.05) is 18.2 Å². The van der Waals surface area contributed by atoms with E-state index in [1.165, 1.54) is 0 Å². The van der Waals surface area contributed by atoms with Crippen LogP contribution in [0.4, 0.5) is 5.69 Å². The minimum absolute atomic E-state index is 0.324. The number of methoxy groups -OCH3 is 3. The van der Waals surface area contributed by atoms with E-state index in [9.17, 15) is 0 Å². The lowest BCUT2D eigenvalue weighted by molar-refractivity contribution is 0.0748. The summed E-state index contributed by atoms with van der Waals surface area (Å²) in [6.07, 6.45) is 1.04. The summed E-state index contributed by atoms with van der Waals surface area (Å²) in [5.74, 6) is 2.43. The molecule has 1 aromatic carbocycles. The molecule has 0 saturated carbocycles. The number of ether oxygens (including phenoxy) is 4. The Hall–Kier alpha value is -2.19. The molecule has 0 amide bonds. The fraction of sp³-hybridized carbons (Fsp3) is 0.650. The third kappa shape index (κ3) is 7.09. The smallest absolute Gasteiger partial charge is 0.191 e. The van der Waals surface area contributed by atoms with Gasteiger partial charge in [-0.25, -0.2) is 0 Å². The van der Waals surface area contributed by atoms with Crippen LogP contribution in [0.15, 0.2) is 23.2 Å². The van der Waals surface area contributed by atoms with Gasteiger partial charge < -0.3 is 34.5 Å². The molecule has 8 heteroatoms. The Kier molecular flexibility index (Phi) is 9.71. The number of hydrogen-bond acceptors (Lipinski definition) is 6. The van der Waals surface area contributed by atoms with E-state index in [0.717, 1.165) is 49.2 Å². The molecule has 0 aromatic heterocycles. The number of benzene rings is 1. The topological polar surface area (TPSA) is 76.6 Å². The zero-order valence-corrected chi connectivity index (χ0v) is 17.5. The average Bonchev–Trinajstić information content (AvgIpc) is 3.18. The molecular weight excluding hydrogens is 360 g/mol. The quantitative estimate of drug-likeness (QED) is 0.335. The Bertz CT molecular complexity index is 590. The van der Waals surface area contributed by atoms with Gasteiger partial charge in [0.2, 0.25) is 0 Å². The van der Waals surface area contributed by atoms with Crippen molar-refractivity contribution < 1.29 is 18.9 Å². The molecule has 1 aliphatic heterocycles. The average molecular weight is 395 g/mol. The van der Waals surface area contributed by atoms with Gasteiger partial charge in [-0.05, 0) is 13.3 Å². The third-order valence-electron chi connectivity index (χ3n) is 4.51. The predicted molar refractivity (Wildman–Crippen MR) is 112 cm³/mol. The van der Waals surface area contributed by atoms with Crippen LogP contribution >= 0.6 is 0 Å². The standard InChI is InChI=1S/C20H34N4O4/c1-5-21-20(22-7-9-28-11-10-25-2)23-16-6-8-24(15-16)17-12-18(26-3)14-19(13-17)27-4/h12-14,16H,5-11,15H2,1-4H3,(H2,21,22,23). The van der Waals surface area contributed by atoms with Crippen LogP contribution in [0.2, 0.25) is 0 Å². The van der Waals surface area contributed by atoms with Gasteiger partial charge in [0, 0.05) is 56.7 Å². The molecule has 28 heavy (non-hydrogen) atoms. The highest BCUT2D eigenvalue weighted by atomic mass is 16.5. The summed E-state index contributed by atoms with van der Waals surface area (Å²) in [4.78, 5) is 6.93. The van der Waals surface area contributed by atoms with Crippen molar-refractivity contribution in [3.05, 3.63) is 18.2 Å². The van der Waals surface area contributed by atoms with Gasteiger partial charge in [0.15, 0.2) is 5.96 Å². The first-order chi connectivity index (χ1) is 13.7. The van der Waals surface area contributed by atoms with E-state index in [1.54, 1.807) is 21.3 Å². The second-order valence-corrected chi connectivity index (χ2v) is 6.51. The van der Waals surface area contributed by atoms with Crippen LogP contribution in [0.5, 0.6) is 11.5 Å². The normalized spacial score (nSPS) is 16.9. The van der Waals surface area contributed by atoms with Crippen molar-refractivity contribution in [3.8, 4) is 11.5 Å². The maximum absolute atomic E-state index is 5.47. The summed E-state index contributed by atoms with van der Waals surface area (Å²) in [5, 5.41) is 6.83. The van der Waals surface area contributed by atoms with Crippen LogP contribution in [0.3, 0.4) is 0 Å². The van der Waals surface area contributed by atoms with Crippen LogP contribution < -0.4 is 25.0 Å². The fourth-order valence-corrected chi connectivity index (χ4v) is 3.07. The molecule has 0 aliphatic carbocycles. The van der Waals surface area contributed by atoms with Crippen LogP contribution in [-0.4, -0.2) is 79.3 Å². The van der Waals surface area contributed by atoms with Crippen LogP contribution in [0.25, 0.3) is 0 Å². The largest absolute Gasteiger partial charge is 0.497 e. The zero-order chi connectivity index (χ0) is 20.2. The first-order valence-electron chi connectivity index (χ1n) is 9.79. The summed E-state index contributed by atoms with van der Waals surface area (Å²) in [6.45, 7) is 7.14. The molecule has 1 atom stereocenters. The van der Waals surface area contributed by atoms with E-state index in [4.69, 9.17) is 18.9 Å². The summed E-state index contributed by atoms with van der Waals surface area (Å²) in [7, 11) is 5.01. The number of nitrogens with zero attached hydrogens (tertiary/aromatic N) is 2. The molecule has 1 heterocycles. The maximum Gasteiger partial charge on any atom is 0.191 e. The Morgan fingerprint density at radius 1 is 1.11 bits per heavy atom. The maximum atomic E-state index is 5.47. The number of nitrogens with one attached hydrogen (secondary N) is 2. The Balaban J connectivity index is 1.89. The SMILES string of the molecule is CCNC(=NCCOCCOC)NC1CCN(c2cc(OC)cc(OC)c2)C1. The highest BCUT2D eigenvalue weighted by molar-refractivity contribution is 5.80. The predicted octanol–water partition coefficient (Wildman–Crippen LogP) is 1.50. The van der Waals surface area contributed by atoms with Gasteiger partial charge in [-0.1, -0.05) is 0 Å². The van der Waals surface area contributed by atoms with E-state index < -0.39 is 0 Å². The van der Waals surface area contributed by atoms with Gasteiger partial charge in [-0.3, -0.25) is 4.99 Å². The van der Waals surface area contributed by atoms with Crippen LogP contribution in [0.1, 0.15) is 13.3 Å². The number of aliphatic imine (C=N–C) groups is 1. The Morgan fingerprint density at radius 3 is 2.50 bits per heavy atom. The van der Waals surface area contributed by atoms with E-state index >= 15 is 0 Å². The second-order valence-electron chi connectivity index (χ2n) is 6.51. The lowest BCUT2D eigenvalue weighted by atomic mass is 10.2. The summed E-state index contributed by atoms with van der Waals surface area (Å²) >= 11 is 0. The molecule has 158 valence electrons. The molecule has 2 N–H and O–H groups in total. The molecule has 1 aliphatic rings. The molecule has 0 spiro atoms. The number of guanidine groups is 1. The van der Waals surface area contributed by atoms with Gasteiger partial charge in [-0.15, -0.1) is 0 Å². The Labute approximate surface area is 168 Å². The monoisotopic (exact) mass is 394 g/mol. The summed E-state index contributed by atoms with van der Waals surface area (Å²) in [6, 6.07) is 6.30. The fourth-order valence-electron chi connectivity index (χ4n) is 3.07. The van der Waals surface area contributed by atoms with Crippen molar-refractivity contribution in [1.82, 2.24) is 10.6 Å². The van der Waals surface area contributed by atoms with Crippen molar-refractivity contribution in [2.75, 3.05) is 72.2 Å². The number of hydrogen-bond donors (Lipinski definition) is 2. The minimum Gasteiger partial charge on any atom is -0.497 e. The summed E-state index contributed by atoms with van der Waals surface area (Å²) in [5.41, 5.74) is 1.11. The first-order valence-corrected chi connectivity index (χ1v) is 9.79. The lowest BCUT2D eigenvalue weighted by Gasteiger charge is -2.21. The van der Waals surface area contributed by atoms with Crippen molar-refractivity contribution in [2.45, 2.75) is 19.4 Å². The molecule has 0 bridgehead atoms. The highest BCUT2D eigenvalue weighted by Gasteiger charge is 2.24. The van der Waals surface area contributed by atoms with Crippen molar-refractivity contribution in [2.24, 2.45) is 4.99 Å². The van der Waals surface area contributed by atoms with E-state index in [-0.39, 0.29) is 0 Å². The number of anilines is 1. The van der Waals surface area contributed by atoms with Crippen molar-refractivity contribution in [3.63, 3.8) is 0 Å². The van der Waals surface area contributed by atoms with Gasteiger partial charge in [0.05, 0.1) is 40.6 Å². The molecule has 8 nitrogen and oxygen atoms in total. The second kappa shape index (κ2) is 12.3. The molecular formula is C20H34N4O4. The van der Waals surface area contributed by atoms with Crippen LogP contribution in [0, 0.1) is 0 Å². The van der Waals surface area contributed by atoms with Crippen molar-refractivity contribution >= 4 is 11.6 Å². The van der Waals surface area contributed by atoms with Gasteiger partial charge in [0.1, 0.15) is 11.5 Å². The summed E-state index contributed by atoms with van der Waals surface area (Å²) < 4.78 is 21.2. The van der Waals surface area contributed by atoms with Gasteiger partial charge in [-0.2, -0.15) is 0 Å². The first kappa shape index (κ1) is 22.1. The van der Waals surface area contributed by atoms with Crippen LogP contribution in [-0.2, 0) is 9.47 Å². The molecule has 1 saturated heterocycles. The highest BCUT2D eigenvalue weighted by Crippen LogP contribution is 2.30. The molecule has 1 aromatic rings. The molecule has 1 fully saturated rings. The van der Waals surface area contributed by atoms with Gasteiger partial charge >= 0.3 is 0 Å². The lowest BCUT2D eigenvalue weighted by Crippen LogP contribution is -2.44. The Morgan fingerprint density at radius 2 is 1.86 bits per heavy atom. The van der Waals surface area contributed by atoms with Crippen molar-refractivity contribution in [1.29, 1.82) is 0 Å². The molecule has 0 radical (unpaired) electrons. The molecule has 1 unspecified atom stereocenters. The zero-order valence-electron chi connectivity index (χ0n) is 17.5. The van der Waals surface area contributed by atoms with E-state index in [2.05, 4.69) is 27.4 Å². The molecule has 2 rings (SSSR count). The minimum atomic E-state index is 0.324. The number of rotatable bonds is 11.